The Kier molecular flexibility index (Phi) is 2.20. The first-order chi connectivity index (χ1) is 7.16. The minimum absolute atomic E-state index is 0.101. The summed E-state index contributed by atoms with van der Waals surface area (Å²) >= 11 is 0. The van der Waals surface area contributed by atoms with Gasteiger partial charge in [-0.15, -0.1) is 0 Å². The average molecular weight is 208 g/mol. The number of carbonyl (C=O) groups is 3. The van der Waals surface area contributed by atoms with Crippen molar-refractivity contribution < 1.29 is 14.4 Å². The first-order valence-corrected chi connectivity index (χ1v) is 4.27. The monoisotopic (exact) mass is 208 g/mol. The molecule has 2 rings (SSSR count). The lowest BCUT2D eigenvalue weighted by Crippen LogP contribution is -2.53. The molecule has 0 bridgehead atoms. The molecule has 0 saturated carbocycles. The van der Waals surface area contributed by atoms with Gasteiger partial charge in [-0.25, -0.2) is 0 Å². The predicted octanol–water partition coefficient (Wildman–Crippen LogP) is -1.49. The quantitative estimate of drug-likeness (QED) is 0.549. The Morgan fingerprint density at radius 2 is 2.00 bits per heavy atom. The summed E-state index contributed by atoms with van der Waals surface area (Å²) < 4.78 is 0. The average Bonchev–Trinajstić information content (AvgIpc) is 2.67. The molecule has 1 fully saturated rings. The van der Waals surface area contributed by atoms with Crippen LogP contribution in [0.5, 0.6) is 0 Å². The molecule has 1 aliphatic heterocycles. The van der Waals surface area contributed by atoms with E-state index in [2.05, 4.69) is 15.5 Å². The van der Waals surface area contributed by atoms with E-state index in [0.717, 1.165) is 0 Å². The number of piperazine rings is 1. The van der Waals surface area contributed by atoms with Gasteiger partial charge in [0.15, 0.2) is 0 Å². The highest BCUT2D eigenvalue weighted by Crippen LogP contribution is 2.03. The number of nitrogens with zero attached hydrogens (tertiary/aromatic N) is 2. The van der Waals surface area contributed by atoms with Crippen molar-refractivity contribution >= 4 is 17.7 Å². The second-order valence-corrected chi connectivity index (χ2v) is 3.12. The maximum absolute atomic E-state index is 11.7. The number of amides is 3. The Morgan fingerprint density at radius 3 is 2.53 bits per heavy atom. The van der Waals surface area contributed by atoms with E-state index in [1.54, 1.807) is 0 Å². The molecule has 2 N–H and O–H groups in total. The first-order valence-electron chi connectivity index (χ1n) is 4.27. The van der Waals surface area contributed by atoms with Crippen molar-refractivity contribution in [2.24, 2.45) is 0 Å². The minimum atomic E-state index is -0.469. The Bertz CT molecular complexity index is 396. The van der Waals surface area contributed by atoms with Crippen LogP contribution in [-0.2, 0) is 9.59 Å². The van der Waals surface area contributed by atoms with Gasteiger partial charge in [-0.2, -0.15) is 5.10 Å². The lowest BCUT2D eigenvalue weighted by molar-refractivity contribution is -0.135. The molecule has 7 heteroatoms. The zero-order chi connectivity index (χ0) is 10.8. The topological polar surface area (TPSA) is 95.2 Å². The van der Waals surface area contributed by atoms with Crippen molar-refractivity contribution in [1.82, 2.24) is 20.4 Å². The van der Waals surface area contributed by atoms with Crippen LogP contribution in [0.4, 0.5) is 0 Å². The minimum Gasteiger partial charge on any atom is -0.320 e. The highest BCUT2D eigenvalue weighted by Gasteiger charge is 2.27. The summed E-state index contributed by atoms with van der Waals surface area (Å²) in [5.41, 5.74) is 0.331. The number of aromatic nitrogens is 2. The van der Waals surface area contributed by atoms with Gasteiger partial charge in [0.25, 0.3) is 5.91 Å². The smallest absolute Gasteiger partial charge is 0.257 e. The largest absolute Gasteiger partial charge is 0.320 e. The summed E-state index contributed by atoms with van der Waals surface area (Å²) in [5.74, 6) is -1.32. The molecule has 78 valence electrons. The summed E-state index contributed by atoms with van der Waals surface area (Å²) in [6.07, 6.45) is 2.76. The number of hydrogen-bond acceptors (Lipinski definition) is 4. The maximum atomic E-state index is 11.7. The number of imide groups is 1. The normalized spacial score (nSPS) is 16.4. The van der Waals surface area contributed by atoms with Gasteiger partial charge in [0.2, 0.25) is 11.8 Å². The molecule has 7 nitrogen and oxygen atoms in total. The molecule has 1 aromatic heterocycles. The van der Waals surface area contributed by atoms with Crippen molar-refractivity contribution in [3.05, 3.63) is 18.0 Å². The number of rotatable bonds is 1. The SMILES string of the molecule is O=C1CN(C(=O)c2cn[nH]c2)CC(=O)N1. The van der Waals surface area contributed by atoms with E-state index in [0.29, 0.717) is 5.56 Å². The molecule has 15 heavy (non-hydrogen) atoms. The maximum Gasteiger partial charge on any atom is 0.257 e. The van der Waals surface area contributed by atoms with E-state index < -0.39 is 11.8 Å². The Balaban J connectivity index is 2.14. The molecular weight excluding hydrogens is 200 g/mol. The van der Waals surface area contributed by atoms with Gasteiger partial charge in [-0.05, 0) is 0 Å². The number of aromatic amines is 1. The van der Waals surface area contributed by atoms with E-state index in [9.17, 15) is 14.4 Å². The van der Waals surface area contributed by atoms with Crippen LogP contribution >= 0.6 is 0 Å². The molecule has 0 aliphatic carbocycles. The van der Waals surface area contributed by atoms with E-state index in [-0.39, 0.29) is 19.0 Å². The highest BCUT2D eigenvalue weighted by molar-refractivity contribution is 6.05. The zero-order valence-electron chi connectivity index (χ0n) is 7.69. The third-order valence-electron chi connectivity index (χ3n) is 1.98. The lowest BCUT2D eigenvalue weighted by atomic mass is 10.2. The van der Waals surface area contributed by atoms with Crippen molar-refractivity contribution in [2.75, 3.05) is 13.1 Å². The molecule has 0 aromatic carbocycles. The standard InChI is InChI=1S/C8H8N4O3/c13-6-3-12(4-7(14)11-6)8(15)5-1-9-10-2-5/h1-2H,3-4H2,(H,9,10)(H,11,13,14). The number of nitrogens with one attached hydrogen (secondary N) is 2. The molecule has 1 aromatic rings. The van der Waals surface area contributed by atoms with Crippen molar-refractivity contribution in [1.29, 1.82) is 0 Å². The molecule has 0 unspecified atom stereocenters. The van der Waals surface area contributed by atoms with Gasteiger partial charge in [0.1, 0.15) is 13.1 Å². The van der Waals surface area contributed by atoms with Crippen LogP contribution in [-0.4, -0.2) is 45.9 Å². The Labute approximate surface area is 84.4 Å². The molecule has 0 radical (unpaired) electrons. The third-order valence-corrected chi connectivity index (χ3v) is 1.98. The van der Waals surface area contributed by atoms with Crippen LogP contribution in [0.15, 0.2) is 12.4 Å². The fraction of sp³-hybridized carbons (Fsp3) is 0.250. The van der Waals surface area contributed by atoms with E-state index in [1.807, 2.05) is 0 Å². The fourth-order valence-electron chi connectivity index (χ4n) is 1.33. The molecule has 1 saturated heterocycles. The summed E-state index contributed by atoms with van der Waals surface area (Å²) in [6.45, 7) is -0.203. The van der Waals surface area contributed by atoms with Gasteiger partial charge < -0.3 is 4.90 Å². The summed E-state index contributed by atoms with van der Waals surface area (Å²) in [4.78, 5) is 34.9. The van der Waals surface area contributed by atoms with Crippen LogP contribution in [0, 0.1) is 0 Å². The van der Waals surface area contributed by atoms with Crippen LogP contribution < -0.4 is 5.32 Å². The van der Waals surface area contributed by atoms with Crippen LogP contribution in [0.3, 0.4) is 0 Å². The van der Waals surface area contributed by atoms with Gasteiger partial charge in [0.05, 0.1) is 11.8 Å². The van der Waals surface area contributed by atoms with E-state index >= 15 is 0 Å². The number of hydrogen-bond donors (Lipinski definition) is 2. The molecule has 0 atom stereocenters. The highest BCUT2D eigenvalue weighted by atomic mass is 16.2. The van der Waals surface area contributed by atoms with Crippen molar-refractivity contribution in [3.8, 4) is 0 Å². The van der Waals surface area contributed by atoms with E-state index in [4.69, 9.17) is 0 Å². The number of H-pyrrole nitrogens is 1. The lowest BCUT2D eigenvalue weighted by Gasteiger charge is -2.24. The zero-order valence-corrected chi connectivity index (χ0v) is 7.69. The Morgan fingerprint density at radius 1 is 1.33 bits per heavy atom. The summed E-state index contributed by atoms with van der Waals surface area (Å²) in [5, 5.41) is 8.22. The third kappa shape index (κ3) is 1.85. The summed E-state index contributed by atoms with van der Waals surface area (Å²) in [7, 11) is 0. The van der Waals surface area contributed by atoms with Crippen LogP contribution in [0.25, 0.3) is 0 Å². The molecule has 3 amide bonds. The predicted molar refractivity (Wildman–Crippen MR) is 47.6 cm³/mol. The van der Waals surface area contributed by atoms with Crippen molar-refractivity contribution in [2.45, 2.75) is 0 Å². The van der Waals surface area contributed by atoms with Crippen molar-refractivity contribution in [3.63, 3.8) is 0 Å². The van der Waals surface area contributed by atoms with E-state index in [1.165, 1.54) is 17.3 Å². The van der Waals surface area contributed by atoms with Gasteiger partial charge in [-0.1, -0.05) is 0 Å². The Hall–Kier alpha value is -2.18. The first kappa shape index (κ1) is 9.38. The number of carbonyl (C=O) groups excluding carboxylic acids is 3. The molecule has 1 aliphatic rings. The summed E-state index contributed by atoms with van der Waals surface area (Å²) in [6, 6.07) is 0. The fourth-order valence-corrected chi connectivity index (χ4v) is 1.33. The van der Waals surface area contributed by atoms with Crippen LogP contribution in [0.2, 0.25) is 0 Å². The molecule has 2 heterocycles. The van der Waals surface area contributed by atoms with Gasteiger partial charge in [-0.3, -0.25) is 24.8 Å². The second-order valence-electron chi connectivity index (χ2n) is 3.12. The van der Waals surface area contributed by atoms with Gasteiger partial charge in [0, 0.05) is 6.20 Å². The van der Waals surface area contributed by atoms with Crippen LogP contribution in [0.1, 0.15) is 10.4 Å². The van der Waals surface area contributed by atoms with Gasteiger partial charge >= 0.3 is 0 Å². The molecule has 0 spiro atoms. The molecular formula is C8H8N4O3. The second kappa shape index (κ2) is 3.52.